The van der Waals surface area contributed by atoms with Crippen molar-refractivity contribution in [1.29, 1.82) is 0 Å². The Morgan fingerprint density at radius 1 is 1.36 bits per heavy atom. The van der Waals surface area contributed by atoms with Crippen LogP contribution in [0.3, 0.4) is 0 Å². The highest BCUT2D eigenvalue weighted by Crippen LogP contribution is 2.34. The Hall–Kier alpha value is -2.01. The summed E-state index contributed by atoms with van der Waals surface area (Å²) in [7, 11) is 0. The second-order valence-corrected chi connectivity index (χ2v) is 5.00. The van der Waals surface area contributed by atoms with Gasteiger partial charge in [0.2, 0.25) is 5.95 Å². The van der Waals surface area contributed by atoms with E-state index in [0.717, 1.165) is 0 Å². The molecule has 2 aromatic rings. The zero-order chi connectivity index (χ0) is 15.9. The number of nitrogens with two attached hydrogens (primary N) is 1. The van der Waals surface area contributed by atoms with Gasteiger partial charge in [-0.05, 0) is 6.92 Å². The molecule has 3 rings (SSSR count). The van der Waals surface area contributed by atoms with E-state index in [0.29, 0.717) is 23.7 Å². The van der Waals surface area contributed by atoms with E-state index in [1.807, 2.05) is 6.92 Å². The molecule has 3 heterocycles. The summed E-state index contributed by atoms with van der Waals surface area (Å²) in [6, 6.07) is 0. The van der Waals surface area contributed by atoms with Crippen molar-refractivity contribution in [3.05, 3.63) is 6.33 Å². The van der Waals surface area contributed by atoms with Crippen LogP contribution in [0.15, 0.2) is 6.33 Å². The minimum atomic E-state index is -1.23. The van der Waals surface area contributed by atoms with Crippen molar-refractivity contribution >= 4 is 22.9 Å². The normalized spacial score (nSPS) is 28.4. The van der Waals surface area contributed by atoms with Gasteiger partial charge in [0.15, 0.2) is 23.2 Å². The molecular weight excluding hydrogens is 292 g/mol. The van der Waals surface area contributed by atoms with E-state index >= 15 is 0 Å². The lowest BCUT2D eigenvalue weighted by Crippen LogP contribution is -2.33. The van der Waals surface area contributed by atoms with Gasteiger partial charge in [-0.15, -0.1) is 0 Å². The van der Waals surface area contributed by atoms with Gasteiger partial charge in [-0.25, -0.2) is 15.0 Å². The van der Waals surface area contributed by atoms with Crippen LogP contribution in [0.4, 0.5) is 11.8 Å². The highest BCUT2D eigenvalue weighted by molar-refractivity contribution is 5.84. The van der Waals surface area contributed by atoms with Crippen LogP contribution >= 0.6 is 0 Å². The van der Waals surface area contributed by atoms with Gasteiger partial charge in [-0.2, -0.15) is 0 Å². The first-order chi connectivity index (χ1) is 10.6. The largest absolute Gasteiger partial charge is 0.394 e. The summed E-state index contributed by atoms with van der Waals surface area (Å²) >= 11 is 0. The van der Waals surface area contributed by atoms with Gasteiger partial charge in [0.1, 0.15) is 24.6 Å². The van der Waals surface area contributed by atoms with E-state index in [9.17, 15) is 15.3 Å². The van der Waals surface area contributed by atoms with Crippen molar-refractivity contribution in [3.63, 3.8) is 0 Å². The number of nitrogens with zero attached hydrogens (tertiary/aromatic N) is 4. The van der Waals surface area contributed by atoms with Crippen molar-refractivity contribution < 1.29 is 20.1 Å². The number of imidazole rings is 1. The molecule has 2 aromatic heterocycles. The van der Waals surface area contributed by atoms with E-state index in [2.05, 4.69) is 20.3 Å². The number of anilines is 2. The zero-order valence-corrected chi connectivity index (χ0v) is 11.9. The van der Waals surface area contributed by atoms with E-state index < -0.39 is 31.1 Å². The number of nitrogens with one attached hydrogen (secondary N) is 1. The molecule has 0 aliphatic carbocycles. The fourth-order valence-electron chi connectivity index (χ4n) is 2.54. The fourth-order valence-corrected chi connectivity index (χ4v) is 2.54. The molecular formula is C12H18N6O4. The maximum absolute atomic E-state index is 10.2. The van der Waals surface area contributed by atoms with Crippen LogP contribution < -0.4 is 11.1 Å². The first-order valence-corrected chi connectivity index (χ1v) is 6.93. The maximum Gasteiger partial charge on any atom is 0.207 e. The summed E-state index contributed by atoms with van der Waals surface area (Å²) in [6.07, 6.45) is -2.98. The first-order valence-electron chi connectivity index (χ1n) is 6.93. The molecule has 22 heavy (non-hydrogen) atoms. The Kier molecular flexibility index (Phi) is 3.83. The quantitative estimate of drug-likeness (QED) is 0.452. The van der Waals surface area contributed by atoms with Crippen molar-refractivity contribution in [2.45, 2.75) is 31.5 Å². The number of rotatable bonds is 4. The molecule has 1 aliphatic rings. The fraction of sp³-hybridized carbons (Fsp3) is 0.583. The Balaban J connectivity index is 2.13. The lowest BCUT2D eigenvalue weighted by Gasteiger charge is -2.19. The zero-order valence-electron chi connectivity index (χ0n) is 11.9. The first kappa shape index (κ1) is 14.9. The molecule has 0 saturated carbocycles. The number of aliphatic hydroxyl groups is 3. The number of aliphatic hydroxyl groups excluding tert-OH is 3. The minimum Gasteiger partial charge on any atom is -0.394 e. The van der Waals surface area contributed by atoms with E-state index in [-0.39, 0.29) is 5.82 Å². The van der Waals surface area contributed by atoms with Crippen LogP contribution in [-0.4, -0.2) is 66.3 Å². The van der Waals surface area contributed by atoms with Crippen molar-refractivity contribution in [2.75, 3.05) is 24.2 Å². The van der Waals surface area contributed by atoms with Gasteiger partial charge in [-0.3, -0.25) is 4.57 Å². The van der Waals surface area contributed by atoms with Crippen molar-refractivity contribution in [2.24, 2.45) is 0 Å². The molecule has 0 spiro atoms. The summed E-state index contributed by atoms with van der Waals surface area (Å²) < 4.78 is 7.06. The highest BCUT2D eigenvalue weighted by Gasteiger charge is 2.45. The van der Waals surface area contributed by atoms with Gasteiger partial charge in [-0.1, -0.05) is 0 Å². The van der Waals surface area contributed by atoms with Gasteiger partial charge in [0, 0.05) is 6.54 Å². The average molecular weight is 310 g/mol. The Bertz CT molecular complexity index is 677. The van der Waals surface area contributed by atoms with Gasteiger partial charge >= 0.3 is 0 Å². The molecule has 0 amide bonds. The van der Waals surface area contributed by atoms with Crippen LogP contribution in [-0.2, 0) is 4.74 Å². The van der Waals surface area contributed by atoms with Crippen LogP contribution in [0.1, 0.15) is 13.2 Å². The molecule has 1 saturated heterocycles. The Labute approximate surface area is 125 Å². The summed E-state index contributed by atoms with van der Waals surface area (Å²) in [5.74, 6) is 0.592. The maximum atomic E-state index is 10.2. The third-order valence-electron chi connectivity index (χ3n) is 3.61. The third-order valence-corrected chi connectivity index (χ3v) is 3.61. The standard InChI is InChI=1S/C12H18N6O4/c1-2-14-12-17-6-9(13)15-4-16-10(6)18(12)11-8(21)7(20)5(3-19)22-11/h4-5,7-8,11,19-21H,2-3H2,1H3,(H,14,17)(H2,13,15,16)/t5-,7+,8+,11-/m0/s1. The predicted molar refractivity (Wildman–Crippen MR) is 76.9 cm³/mol. The Morgan fingerprint density at radius 2 is 2.14 bits per heavy atom. The Morgan fingerprint density at radius 3 is 2.77 bits per heavy atom. The number of fused-ring (bicyclic) bond motifs is 1. The predicted octanol–water partition coefficient (Wildman–Crippen LogP) is -1.55. The van der Waals surface area contributed by atoms with Gasteiger partial charge in [0.05, 0.1) is 6.61 Å². The summed E-state index contributed by atoms with van der Waals surface area (Å²) in [5.41, 5.74) is 6.55. The van der Waals surface area contributed by atoms with Crippen LogP contribution in [0.25, 0.3) is 11.2 Å². The molecule has 0 bridgehead atoms. The smallest absolute Gasteiger partial charge is 0.207 e. The number of ether oxygens (including phenoxy) is 1. The van der Waals surface area contributed by atoms with Crippen LogP contribution in [0, 0.1) is 0 Å². The van der Waals surface area contributed by atoms with Gasteiger partial charge < -0.3 is 31.1 Å². The number of nitrogen functional groups attached to an aromatic ring is 1. The molecule has 6 N–H and O–H groups in total. The molecule has 1 fully saturated rings. The van der Waals surface area contributed by atoms with Crippen LogP contribution in [0.5, 0.6) is 0 Å². The number of hydrogen-bond acceptors (Lipinski definition) is 9. The van der Waals surface area contributed by atoms with E-state index in [1.165, 1.54) is 10.9 Å². The molecule has 10 nitrogen and oxygen atoms in total. The van der Waals surface area contributed by atoms with Gasteiger partial charge in [0.25, 0.3) is 0 Å². The molecule has 0 unspecified atom stereocenters. The summed E-state index contributed by atoms with van der Waals surface area (Å²) in [6.45, 7) is 2.05. The second-order valence-electron chi connectivity index (χ2n) is 5.00. The molecule has 120 valence electrons. The molecule has 10 heteroatoms. The minimum absolute atomic E-state index is 0.203. The molecule has 1 aliphatic heterocycles. The summed E-state index contributed by atoms with van der Waals surface area (Å²) in [4.78, 5) is 12.3. The highest BCUT2D eigenvalue weighted by atomic mass is 16.6. The molecule has 4 atom stereocenters. The van der Waals surface area contributed by atoms with Crippen molar-refractivity contribution in [3.8, 4) is 0 Å². The number of hydrogen-bond donors (Lipinski definition) is 5. The second kappa shape index (κ2) is 5.65. The summed E-state index contributed by atoms with van der Waals surface area (Å²) in [5, 5.41) is 32.4. The number of aromatic nitrogens is 4. The van der Waals surface area contributed by atoms with E-state index in [1.54, 1.807) is 0 Å². The lowest BCUT2D eigenvalue weighted by atomic mass is 10.1. The molecule has 0 radical (unpaired) electrons. The van der Waals surface area contributed by atoms with Crippen LogP contribution in [0.2, 0.25) is 0 Å². The SMILES string of the molecule is CCNc1nc2c(N)ncnc2n1[C@H]1O[C@@H](CO)[C@@H](O)[C@H]1O. The topological polar surface area (TPSA) is 152 Å². The third kappa shape index (κ3) is 2.16. The van der Waals surface area contributed by atoms with Crippen molar-refractivity contribution in [1.82, 2.24) is 19.5 Å². The average Bonchev–Trinajstić information content (AvgIpc) is 3.00. The van der Waals surface area contributed by atoms with E-state index in [4.69, 9.17) is 10.5 Å². The molecule has 0 aromatic carbocycles. The monoisotopic (exact) mass is 310 g/mol. The lowest BCUT2D eigenvalue weighted by molar-refractivity contribution is -0.0501.